The summed E-state index contributed by atoms with van der Waals surface area (Å²) in [5.74, 6) is 0.681. The molecule has 6 rings (SSSR count). The Morgan fingerprint density at radius 1 is 0.967 bits per heavy atom. The van der Waals surface area contributed by atoms with Crippen LogP contribution in [-0.4, -0.2) is 53.7 Å². The number of carbonyl (C=O) groups excluding carboxylic acids is 1. The number of likely N-dealkylation sites (tertiary alicyclic amines) is 2. The van der Waals surface area contributed by atoms with Crippen LogP contribution in [0, 0.1) is 5.92 Å². The van der Waals surface area contributed by atoms with E-state index in [0.717, 1.165) is 32.2 Å². The van der Waals surface area contributed by atoms with Gasteiger partial charge in [-0.1, -0.05) is 24.3 Å². The molecule has 2 saturated carbocycles. The maximum absolute atomic E-state index is 12.8. The third-order valence-electron chi connectivity index (χ3n) is 9.29. The van der Waals surface area contributed by atoms with Gasteiger partial charge < -0.3 is 14.5 Å². The highest BCUT2D eigenvalue weighted by Crippen LogP contribution is 2.48. The summed E-state index contributed by atoms with van der Waals surface area (Å²) in [5.41, 5.74) is 3.69. The van der Waals surface area contributed by atoms with Crippen LogP contribution in [0.2, 0.25) is 0 Å². The largest absolute Gasteiger partial charge is 0.446 e. The van der Waals surface area contributed by atoms with Gasteiger partial charge in [0.25, 0.3) is 0 Å². The number of amides is 1. The Labute approximate surface area is 180 Å². The smallest absolute Gasteiger partial charge is 0.410 e. The fourth-order valence-corrected chi connectivity index (χ4v) is 7.28. The molecule has 2 saturated heterocycles. The molecule has 0 radical (unpaired) electrons. The molecule has 0 aromatic heterocycles. The molecule has 5 aliphatic rings. The number of ether oxygens (including phenoxy) is 1. The molecule has 0 bridgehead atoms. The van der Waals surface area contributed by atoms with Crippen molar-refractivity contribution >= 4 is 6.09 Å². The number of hydrogen-bond donors (Lipinski definition) is 0. The summed E-state index contributed by atoms with van der Waals surface area (Å²) in [6, 6.07) is 10.3. The van der Waals surface area contributed by atoms with Gasteiger partial charge in [-0.25, -0.2) is 4.79 Å². The molecule has 3 atom stereocenters. The van der Waals surface area contributed by atoms with Gasteiger partial charge in [-0.2, -0.15) is 0 Å². The Morgan fingerprint density at radius 2 is 1.80 bits per heavy atom. The quantitative estimate of drug-likeness (QED) is 0.698. The lowest BCUT2D eigenvalue weighted by Crippen LogP contribution is -2.48. The standard InChI is InChI=1S/C26H36N2O2/c29-25(30-22-7-3-8-22)28-14-4-6-20-17-21(18-24(20)28)27-15-12-26(13-16-27)11-10-19-5-1-2-9-23(19)26/h1-2,5,9,20-22,24H,3-4,6-8,10-18H2. The predicted octanol–water partition coefficient (Wildman–Crippen LogP) is 4.90. The highest BCUT2D eigenvalue weighted by molar-refractivity contribution is 5.68. The van der Waals surface area contributed by atoms with Gasteiger partial charge in [0.1, 0.15) is 6.10 Å². The summed E-state index contributed by atoms with van der Waals surface area (Å²) in [4.78, 5) is 17.7. The Hall–Kier alpha value is -1.55. The van der Waals surface area contributed by atoms with Gasteiger partial charge in [0.2, 0.25) is 0 Å². The third-order valence-corrected chi connectivity index (χ3v) is 9.29. The fraction of sp³-hybridized carbons (Fsp3) is 0.731. The van der Waals surface area contributed by atoms with Gasteiger partial charge in [-0.15, -0.1) is 0 Å². The lowest BCUT2D eigenvalue weighted by Gasteiger charge is -2.42. The van der Waals surface area contributed by atoms with E-state index in [1.54, 1.807) is 11.1 Å². The van der Waals surface area contributed by atoms with Crippen LogP contribution in [0.5, 0.6) is 0 Å². The molecule has 2 heterocycles. The SMILES string of the molecule is O=C(OC1CCC1)N1CCCC2CC(N3CCC4(CCc5ccccc54)CC3)CC21. The zero-order valence-corrected chi connectivity index (χ0v) is 18.2. The molecule has 1 amide bonds. The Kier molecular flexibility index (Phi) is 4.82. The van der Waals surface area contributed by atoms with Gasteiger partial charge in [0, 0.05) is 18.6 Å². The molecule has 162 valence electrons. The average molecular weight is 409 g/mol. The molecule has 4 nitrogen and oxygen atoms in total. The molecular weight excluding hydrogens is 372 g/mol. The molecule has 1 aromatic rings. The van der Waals surface area contributed by atoms with E-state index in [2.05, 4.69) is 34.1 Å². The number of piperidine rings is 2. The number of hydrogen-bond acceptors (Lipinski definition) is 3. The average Bonchev–Trinajstić information content (AvgIpc) is 3.34. The van der Waals surface area contributed by atoms with Gasteiger partial charge in [-0.3, -0.25) is 0 Å². The maximum Gasteiger partial charge on any atom is 0.410 e. The van der Waals surface area contributed by atoms with Crippen LogP contribution < -0.4 is 0 Å². The first-order valence-corrected chi connectivity index (χ1v) is 12.5. The van der Waals surface area contributed by atoms with E-state index in [-0.39, 0.29) is 12.2 Å². The van der Waals surface area contributed by atoms with E-state index in [0.29, 0.717) is 23.4 Å². The van der Waals surface area contributed by atoms with Gasteiger partial charge in [0.05, 0.1) is 0 Å². The predicted molar refractivity (Wildman–Crippen MR) is 118 cm³/mol. The van der Waals surface area contributed by atoms with Crippen LogP contribution in [-0.2, 0) is 16.6 Å². The van der Waals surface area contributed by atoms with E-state index in [9.17, 15) is 4.79 Å². The zero-order chi connectivity index (χ0) is 20.1. The minimum Gasteiger partial charge on any atom is -0.446 e. The van der Waals surface area contributed by atoms with Crippen molar-refractivity contribution in [3.8, 4) is 0 Å². The number of benzene rings is 1. The second kappa shape index (κ2) is 7.55. The minimum atomic E-state index is -0.0183. The highest BCUT2D eigenvalue weighted by atomic mass is 16.6. The highest BCUT2D eigenvalue weighted by Gasteiger charge is 2.47. The van der Waals surface area contributed by atoms with Crippen molar-refractivity contribution in [2.45, 2.75) is 94.2 Å². The zero-order valence-electron chi connectivity index (χ0n) is 18.2. The van der Waals surface area contributed by atoms with E-state index < -0.39 is 0 Å². The van der Waals surface area contributed by atoms with Crippen LogP contribution in [0.25, 0.3) is 0 Å². The normalized spacial score (nSPS) is 33.2. The van der Waals surface area contributed by atoms with Crippen LogP contribution >= 0.6 is 0 Å². The molecule has 4 heteroatoms. The molecule has 0 N–H and O–H groups in total. The fourth-order valence-electron chi connectivity index (χ4n) is 7.28. The number of nitrogens with zero attached hydrogens (tertiary/aromatic N) is 2. The molecule has 1 aromatic carbocycles. The first kappa shape index (κ1) is 19.2. The first-order chi connectivity index (χ1) is 14.7. The van der Waals surface area contributed by atoms with Crippen LogP contribution in [0.1, 0.15) is 75.3 Å². The summed E-state index contributed by atoms with van der Waals surface area (Å²) in [6.07, 6.45) is 13.6. The molecule has 3 aliphatic carbocycles. The second-order valence-electron chi connectivity index (χ2n) is 10.7. The number of aryl methyl sites for hydroxylation is 1. The van der Waals surface area contributed by atoms with Crippen LogP contribution in [0.3, 0.4) is 0 Å². The van der Waals surface area contributed by atoms with Crippen molar-refractivity contribution < 1.29 is 9.53 Å². The van der Waals surface area contributed by atoms with Crippen molar-refractivity contribution in [2.24, 2.45) is 5.92 Å². The second-order valence-corrected chi connectivity index (χ2v) is 10.7. The molecule has 2 aliphatic heterocycles. The summed E-state index contributed by atoms with van der Waals surface area (Å²) in [6.45, 7) is 3.36. The van der Waals surface area contributed by atoms with Gasteiger partial charge in [-0.05, 0) is 106 Å². The monoisotopic (exact) mass is 408 g/mol. The van der Waals surface area contributed by atoms with Gasteiger partial charge in [0.15, 0.2) is 0 Å². The van der Waals surface area contributed by atoms with E-state index in [1.165, 1.54) is 58.0 Å². The molecule has 4 fully saturated rings. The maximum atomic E-state index is 12.8. The first-order valence-electron chi connectivity index (χ1n) is 12.5. The van der Waals surface area contributed by atoms with Crippen molar-refractivity contribution in [1.82, 2.24) is 9.80 Å². The van der Waals surface area contributed by atoms with Crippen molar-refractivity contribution in [3.05, 3.63) is 35.4 Å². The number of fused-ring (bicyclic) bond motifs is 3. The summed E-state index contributed by atoms with van der Waals surface area (Å²) < 4.78 is 5.78. The number of rotatable bonds is 2. The molecule has 3 unspecified atom stereocenters. The van der Waals surface area contributed by atoms with Crippen molar-refractivity contribution in [3.63, 3.8) is 0 Å². The lowest BCUT2D eigenvalue weighted by atomic mass is 9.73. The number of carbonyl (C=O) groups is 1. The summed E-state index contributed by atoms with van der Waals surface area (Å²) in [5, 5.41) is 0. The van der Waals surface area contributed by atoms with Crippen LogP contribution in [0.15, 0.2) is 24.3 Å². The van der Waals surface area contributed by atoms with E-state index in [1.807, 2.05) is 0 Å². The van der Waals surface area contributed by atoms with E-state index >= 15 is 0 Å². The van der Waals surface area contributed by atoms with Crippen LogP contribution in [0.4, 0.5) is 4.79 Å². The molecule has 30 heavy (non-hydrogen) atoms. The van der Waals surface area contributed by atoms with Crippen molar-refractivity contribution in [1.29, 1.82) is 0 Å². The third kappa shape index (κ3) is 3.18. The Balaban J connectivity index is 1.10. The van der Waals surface area contributed by atoms with Gasteiger partial charge >= 0.3 is 6.09 Å². The topological polar surface area (TPSA) is 32.8 Å². The Bertz CT molecular complexity index is 796. The van der Waals surface area contributed by atoms with E-state index in [4.69, 9.17) is 4.74 Å². The van der Waals surface area contributed by atoms with Crippen molar-refractivity contribution in [2.75, 3.05) is 19.6 Å². The minimum absolute atomic E-state index is 0.0183. The Morgan fingerprint density at radius 3 is 2.60 bits per heavy atom. The molecular formula is C26H36N2O2. The molecule has 1 spiro atoms. The summed E-state index contributed by atoms with van der Waals surface area (Å²) >= 11 is 0. The summed E-state index contributed by atoms with van der Waals surface area (Å²) in [7, 11) is 0. The lowest BCUT2D eigenvalue weighted by molar-refractivity contribution is 0.00657.